The number of likely N-dealkylation sites (tertiary alicyclic amines) is 1. The minimum atomic E-state index is -0.426. The topological polar surface area (TPSA) is 52.7 Å². The van der Waals surface area contributed by atoms with E-state index in [1.54, 1.807) is 0 Å². The number of anilines is 1. The second kappa shape index (κ2) is 9.07. The van der Waals surface area contributed by atoms with E-state index < -0.39 is 6.23 Å². The van der Waals surface area contributed by atoms with Gasteiger partial charge in [0.2, 0.25) is 0 Å². The lowest BCUT2D eigenvalue weighted by molar-refractivity contribution is -0.00370. The zero-order valence-corrected chi connectivity index (χ0v) is 16.6. The Morgan fingerprint density at radius 3 is 2.44 bits per heavy atom. The highest BCUT2D eigenvalue weighted by molar-refractivity contribution is 5.85. The molecule has 2 aliphatic rings. The van der Waals surface area contributed by atoms with Gasteiger partial charge in [-0.05, 0) is 61.0 Å². The van der Waals surface area contributed by atoms with Crippen LogP contribution in [0.25, 0.3) is 0 Å². The minimum absolute atomic E-state index is 0. The van der Waals surface area contributed by atoms with Crippen LogP contribution >= 0.6 is 12.4 Å². The molecule has 0 radical (unpaired) electrons. The average Bonchev–Trinajstić information content (AvgIpc) is 2.98. The third-order valence-corrected chi connectivity index (χ3v) is 6.00. The Hall–Kier alpha value is -1.59. The van der Waals surface area contributed by atoms with Crippen molar-refractivity contribution in [1.29, 1.82) is 0 Å². The lowest BCUT2D eigenvalue weighted by atomic mass is 9.95. The molecule has 0 saturated carbocycles. The van der Waals surface area contributed by atoms with Crippen LogP contribution < -0.4 is 5.73 Å². The lowest BCUT2D eigenvalue weighted by Crippen LogP contribution is -2.39. The SMILES string of the molecule is Cl.Nc1ccccc1CCN1CCC(CN2Cc3ccccc3C2O)CC1. The molecule has 4 rings (SSSR count). The fourth-order valence-corrected chi connectivity index (χ4v) is 4.36. The Balaban J connectivity index is 0.00000210. The van der Waals surface area contributed by atoms with E-state index in [1.165, 1.54) is 24.0 Å². The van der Waals surface area contributed by atoms with Crippen molar-refractivity contribution < 1.29 is 5.11 Å². The van der Waals surface area contributed by atoms with E-state index in [9.17, 15) is 5.11 Å². The van der Waals surface area contributed by atoms with Crippen molar-refractivity contribution in [2.45, 2.75) is 32.0 Å². The highest BCUT2D eigenvalue weighted by Gasteiger charge is 2.30. The normalized spacial score (nSPS) is 21.0. The van der Waals surface area contributed by atoms with Crippen LogP contribution in [0.3, 0.4) is 0 Å². The number of halogens is 1. The molecule has 2 aromatic rings. The monoisotopic (exact) mass is 387 g/mol. The van der Waals surface area contributed by atoms with Gasteiger partial charge in [0.1, 0.15) is 6.23 Å². The predicted octanol–water partition coefficient (Wildman–Crippen LogP) is 3.45. The molecule has 27 heavy (non-hydrogen) atoms. The largest absolute Gasteiger partial charge is 0.399 e. The number of aliphatic hydroxyl groups excluding tert-OH is 1. The molecule has 3 N–H and O–H groups in total. The summed E-state index contributed by atoms with van der Waals surface area (Å²) >= 11 is 0. The van der Waals surface area contributed by atoms with Gasteiger partial charge in [0.25, 0.3) is 0 Å². The van der Waals surface area contributed by atoms with Gasteiger partial charge in [0, 0.05) is 25.3 Å². The number of nitrogens with zero attached hydrogens (tertiary/aromatic N) is 2. The first-order valence-electron chi connectivity index (χ1n) is 9.76. The van der Waals surface area contributed by atoms with Crippen LogP contribution in [0.4, 0.5) is 5.69 Å². The molecule has 0 bridgehead atoms. The van der Waals surface area contributed by atoms with Crippen molar-refractivity contribution in [2.75, 3.05) is 31.9 Å². The molecule has 0 aromatic heterocycles. The molecule has 1 fully saturated rings. The van der Waals surface area contributed by atoms with E-state index in [0.717, 1.165) is 50.4 Å². The van der Waals surface area contributed by atoms with E-state index in [0.29, 0.717) is 5.92 Å². The van der Waals surface area contributed by atoms with E-state index in [1.807, 2.05) is 18.2 Å². The molecule has 2 aliphatic heterocycles. The predicted molar refractivity (Wildman–Crippen MR) is 113 cm³/mol. The van der Waals surface area contributed by atoms with Crippen LogP contribution in [0, 0.1) is 5.92 Å². The molecule has 1 unspecified atom stereocenters. The van der Waals surface area contributed by atoms with Gasteiger partial charge in [-0.1, -0.05) is 42.5 Å². The number of nitrogen functional groups attached to an aromatic ring is 1. The lowest BCUT2D eigenvalue weighted by Gasteiger charge is -2.34. The molecule has 146 valence electrons. The molecule has 0 amide bonds. The van der Waals surface area contributed by atoms with Gasteiger partial charge < -0.3 is 15.7 Å². The van der Waals surface area contributed by atoms with Crippen LogP contribution in [0.2, 0.25) is 0 Å². The van der Waals surface area contributed by atoms with Crippen molar-refractivity contribution in [3.63, 3.8) is 0 Å². The number of rotatable bonds is 5. The summed E-state index contributed by atoms with van der Waals surface area (Å²) < 4.78 is 0. The number of benzene rings is 2. The summed E-state index contributed by atoms with van der Waals surface area (Å²) in [5, 5.41) is 10.6. The van der Waals surface area contributed by atoms with Crippen LogP contribution in [0.15, 0.2) is 48.5 Å². The summed E-state index contributed by atoms with van der Waals surface area (Å²) in [7, 11) is 0. The zero-order valence-electron chi connectivity index (χ0n) is 15.8. The number of piperidine rings is 1. The number of aliphatic hydroxyl groups is 1. The first-order valence-corrected chi connectivity index (χ1v) is 9.76. The van der Waals surface area contributed by atoms with Crippen molar-refractivity contribution in [1.82, 2.24) is 9.80 Å². The van der Waals surface area contributed by atoms with Crippen molar-refractivity contribution in [3.05, 3.63) is 65.2 Å². The number of hydrogen-bond acceptors (Lipinski definition) is 4. The van der Waals surface area contributed by atoms with Gasteiger partial charge in [-0.3, -0.25) is 4.90 Å². The summed E-state index contributed by atoms with van der Waals surface area (Å²) in [6.45, 7) is 5.25. The Kier molecular flexibility index (Phi) is 6.77. The third-order valence-electron chi connectivity index (χ3n) is 6.00. The smallest absolute Gasteiger partial charge is 0.134 e. The number of hydrogen-bond donors (Lipinski definition) is 2. The Bertz CT molecular complexity index is 746. The van der Waals surface area contributed by atoms with Gasteiger partial charge in [-0.25, -0.2) is 0 Å². The molecular weight excluding hydrogens is 358 g/mol. The number of nitrogens with two attached hydrogens (primary N) is 1. The first kappa shape index (κ1) is 20.2. The summed E-state index contributed by atoms with van der Waals surface area (Å²) in [4.78, 5) is 4.79. The molecule has 4 nitrogen and oxygen atoms in total. The van der Waals surface area contributed by atoms with Gasteiger partial charge in [-0.15, -0.1) is 12.4 Å². The van der Waals surface area contributed by atoms with Crippen molar-refractivity contribution >= 4 is 18.1 Å². The maximum absolute atomic E-state index is 10.6. The van der Waals surface area contributed by atoms with Crippen molar-refractivity contribution in [2.24, 2.45) is 5.92 Å². The fraction of sp³-hybridized carbons (Fsp3) is 0.455. The second-order valence-electron chi connectivity index (χ2n) is 7.74. The number of para-hydroxylation sites is 1. The Labute approximate surface area is 168 Å². The first-order chi connectivity index (χ1) is 12.7. The fourth-order valence-electron chi connectivity index (χ4n) is 4.36. The maximum atomic E-state index is 10.6. The third kappa shape index (κ3) is 4.64. The van der Waals surface area contributed by atoms with Crippen molar-refractivity contribution in [3.8, 4) is 0 Å². The van der Waals surface area contributed by atoms with Gasteiger partial charge in [0.15, 0.2) is 0 Å². The van der Waals surface area contributed by atoms with Gasteiger partial charge >= 0.3 is 0 Å². The molecule has 1 saturated heterocycles. The Morgan fingerprint density at radius 1 is 1.00 bits per heavy atom. The van der Waals surface area contributed by atoms with E-state index >= 15 is 0 Å². The zero-order chi connectivity index (χ0) is 17.9. The van der Waals surface area contributed by atoms with E-state index in [2.05, 4.69) is 40.1 Å². The molecule has 2 aromatic carbocycles. The molecular formula is C22H30ClN3O. The summed E-state index contributed by atoms with van der Waals surface area (Å²) in [6.07, 6.45) is 3.02. The minimum Gasteiger partial charge on any atom is -0.399 e. The quantitative estimate of drug-likeness (QED) is 0.771. The Morgan fingerprint density at radius 2 is 1.70 bits per heavy atom. The highest BCUT2D eigenvalue weighted by atomic mass is 35.5. The van der Waals surface area contributed by atoms with Crippen LogP contribution in [-0.2, 0) is 13.0 Å². The van der Waals surface area contributed by atoms with E-state index in [4.69, 9.17) is 5.73 Å². The molecule has 2 heterocycles. The summed E-state index contributed by atoms with van der Waals surface area (Å²) in [5.41, 5.74) is 10.6. The molecule has 5 heteroatoms. The summed E-state index contributed by atoms with van der Waals surface area (Å²) in [6, 6.07) is 16.5. The molecule has 0 aliphatic carbocycles. The van der Waals surface area contributed by atoms with Crippen LogP contribution in [0.5, 0.6) is 0 Å². The highest BCUT2D eigenvalue weighted by Crippen LogP contribution is 2.33. The van der Waals surface area contributed by atoms with Crippen LogP contribution in [0.1, 0.15) is 35.8 Å². The maximum Gasteiger partial charge on any atom is 0.134 e. The van der Waals surface area contributed by atoms with Crippen LogP contribution in [-0.4, -0.2) is 41.1 Å². The molecule has 0 spiro atoms. The molecule has 1 atom stereocenters. The average molecular weight is 388 g/mol. The van der Waals surface area contributed by atoms with Gasteiger partial charge in [-0.2, -0.15) is 0 Å². The number of fused-ring (bicyclic) bond motifs is 1. The van der Waals surface area contributed by atoms with E-state index in [-0.39, 0.29) is 12.4 Å². The standard InChI is InChI=1S/C22H29N3O.ClH/c23-21-8-4-2-5-18(21)11-14-24-12-9-17(10-13-24)15-25-16-19-6-1-3-7-20(19)22(25)26;/h1-8,17,22,26H,9-16,23H2;1H. The second-order valence-corrected chi connectivity index (χ2v) is 7.74. The van der Waals surface area contributed by atoms with Gasteiger partial charge in [0.05, 0.1) is 0 Å². The summed E-state index contributed by atoms with van der Waals surface area (Å²) in [5.74, 6) is 0.678.